The zero-order chi connectivity index (χ0) is 16.5. The molecule has 0 aromatic carbocycles. The van der Waals surface area contributed by atoms with Crippen molar-refractivity contribution in [2.45, 2.75) is 0 Å². The molecule has 1 unspecified atom stereocenters. The van der Waals surface area contributed by atoms with Gasteiger partial charge in [0.1, 0.15) is 0 Å². The molecular weight excluding hydrogens is 494 g/mol. The molecule has 0 fully saturated rings. The maximum Gasteiger partial charge on any atom is 2.00 e. The van der Waals surface area contributed by atoms with Gasteiger partial charge < -0.3 is 22.8 Å². The van der Waals surface area contributed by atoms with Gasteiger partial charge in [0.15, 0.2) is 0 Å². The van der Waals surface area contributed by atoms with Gasteiger partial charge in [0.25, 0.3) is 0 Å². The Labute approximate surface area is 202 Å². The van der Waals surface area contributed by atoms with Gasteiger partial charge in [-0.05, 0) is 0 Å². The van der Waals surface area contributed by atoms with E-state index in [1.807, 2.05) is 0 Å². The number of hydrogen-bond acceptors (Lipinski definition) is 13. The predicted molar refractivity (Wildman–Crippen MR) is 45.4 cm³/mol. The van der Waals surface area contributed by atoms with Crippen LogP contribution in [0, 0.1) is 0 Å². The first-order valence-corrected chi connectivity index (χ1v) is 7.76. The molecule has 0 aromatic rings. The van der Waals surface area contributed by atoms with Crippen LogP contribution >= 0.6 is 0 Å². The molecule has 0 aliphatic rings. The third-order valence-electron chi connectivity index (χ3n) is 0.197. The molecule has 0 saturated heterocycles. The van der Waals surface area contributed by atoms with Crippen LogP contribution in [0.25, 0.3) is 0 Å². The summed E-state index contributed by atoms with van der Waals surface area (Å²) in [5, 5.41) is 0. The Bertz CT molecular complexity index is 513. The summed E-state index contributed by atoms with van der Waals surface area (Å²) in [6.07, 6.45) is 0. The molecule has 15 nitrogen and oxygen atoms in total. The zero-order valence-electron chi connectivity index (χ0n) is 10.1. The number of rotatable bonds is 3. The molecule has 22 heteroatoms. The average Bonchev–Trinajstić information content (AvgIpc) is 1.93. The first-order valence-electron chi connectivity index (χ1n) is 2.70. The van der Waals surface area contributed by atoms with E-state index in [-0.39, 0.29) is 98.0 Å². The van der Waals surface area contributed by atoms with Crippen LogP contribution in [0.15, 0.2) is 0 Å². The van der Waals surface area contributed by atoms with E-state index in [0.29, 0.717) is 0 Å². The average molecular weight is 496 g/mol. The van der Waals surface area contributed by atoms with Crippen LogP contribution in [0.3, 0.4) is 0 Å². The van der Waals surface area contributed by atoms with Crippen LogP contribution < -0.4 is 80.9 Å². The van der Waals surface area contributed by atoms with Gasteiger partial charge in [-0.3, -0.25) is 13.0 Å². The van der Waals surface area contributed by atoms with E-state index < -0.39 is 42.6 Å². The van der Waals surface area contributed by atoms with Crippen molar-refractivity contribution in [3.05, 3.63) is 0 Å². The molecule has 2 N–H and O–H groups in total. The van der Waals surface area contributed by atoms with E-state index in [1.165, 1.54) is 0 Å². The van der Waals surface area contributed by atoms with E-state index in [2.05, 4.69) is 8.67 Å². The topological polar surface area (TPSA) is 271 Å². The fourth-order valence-corrected chi connectivity index (χ4v) is 0.622. The van der Waals surface area contributed by atoms with Gasteiger partial charge in [-0.1, -0.05) is 8.67 Å². The molecular formula is H2CuKNaO15S4. The van der Waals surface area contributed by atoms with Crippen molar-refractivity contribution < 1.29 is 163 Å². The smallest absolute Gasteiger partial charge is 0.759 e. The Morgan fingerprint density at radius 1 is 0.909 bits per heavy atom. The molecule has 0 rings (SSSR count). The molecule has 0 heterocycles. The summed E-state index contributed by atoms with van der Waals surface area (Å²) in [6, 6.07) is 0. The summed E-state index contributed by atoms with van der Waals surface area (Å²) in [5.41, 5.74) is 0. The van der Waals surface area contributed by atoms with Crippen LogP contribution in [-0.4, -0.2) is 56.8 Å². The van der Waals surface area contributed by atoms with Crippen molar-refractivity contribution in [2.75, 3.05) is 0 Å². The molecule has 0 aromatic heterocycles. The summed E-state index contributed by atoms with van der Waals surface area (Å²) in [4.78, 5) is 0. The van der Waals surface area contributed by atoms with Gasteiger partial charge in [-0.2, -0.15) is 8.42 Å². The van der Waals surface area contributed by atoms with E-state index in [9.17, 15) is 21.4 Å². The maximum atomic E-state index is 9.48. The standard InChI is InChI=1S/Cu.K.Na.H2O8S2.H2O4S.H2O3S/c;;;1-9(2,3)7-8-10(4,5)6;1-5(2,3)4;1-4(2)3/h;;;(H,1,2,3)(H,4,5,6);(H2,1,2,3,4);(H2,1,2,3)/q+2;2*+1;;;/p-4. The third-order valence-corrected chi connectivity index (χ3v) is 0.758. The van der Waals surface area contributed by atoms with Gasteiger partial charge in [-0.25, -0.2) is 12.6 Å². The summed E-state index contributed by atoms with van der Waals surface area (Å²) in [5.74, 6) is 0. The molecule has 1 radical (unpaired) electrons. The Kier molecular flexibility index (Phi) is 33.7. The van der Waals surface area contributed by atoms with Gasteiger partial charge in [0, 0.05) is 10.4 Å². The Hall–Kier alpha value is 2.84. The van der Waals surface area contributed by atoms with E-state index in [1.54, 1.807) is 0 Å². The molecule has 129 valence electrons. The van der Waals surface area contributed by atoms with Crippen molar-refractivity contribution in [1.82, 2.24) is 0 Å². The maximum absolute atomic E-state index is 9.48. The minimum Gasteiger partial charge on any atom is -0.759 e. The predicted octanol–water partition coefficient (Wildman–Crippen LogP) is -9.80. The van der Waals surface area contributed by atoms with Crippen LogP contribution in [0.2, 0.25) is 0 Å². The Morgan fingerprint density at radius 3 is 1.14 bits per heavy atom. The molecule has 1 atom stereocenters. The third kappa shape index (κ3) is 113. The minimum atomic E-state index is -5.27. The Morgan fingerprint density at radius 2 is 1.09 bits per heavy atom. The molecule has 0 bridgehead atoms. The number of hydrogen-bond donors (Lipinski definition) is 2. The molecule has 0 saturated carbocycles. The molecule has 0 amide bonds. The van der Waals surface area contributed by atoms with Gasteiger partial charge in [0.05, 0.1) is 11.4 Å². The van der Waals surface area contributed by atoms with Crippen molar-refractivity contribution >= 4 is 42.6 Å². The molecule has 0 aliphatic carbocycles. The van der Waals surface area contributed by atoms with E-state index in [0.717, 1.165) is 0 Å². The summed E-state index contributed by atoms with van der Waals surface area (Å²) < 4.78 is 118. The monoisotopic (exact) mass is 495 g/mol. The molecule has 0 spiro atoms. The second-order valence-corrected chi connectivity index (χ2v) is 4.79. The quantitative estimate of drug-likeness (QED) is 0.0917. The Balaban J connectivity index is -0.0000000461. The SMILES string of the molecule is O=S(=O)([O-])OOS(=O)(=O)O.O=S(=O)([O-])[O-].O=S([O-])O.[Cu+2].[K+].[Na+]. The first kappa shape index (κ1) is 39.8. The van der Waals surface area contributed by atoms with Crippen LogP contribution in [0.1, 0.15) is 0 Å². The van der Waals surface area contributed by atoms with Crippen molar-refractivity contribution in [3.63, 3.8) is 0 Å². The zero-order valence-corrected chi connectivity index (χ0v) is 19.5. The van der Waals surface area contributed by atoms with Gasteiger partial charge >= 0.3 is 108 Å². The fourth-order valence-electron chi connectivity index (χ4n) is 0.0691. The normalized spacial score (nSPS) is 11.5. The van der Waals surface area contributed by atoms with Crippen molar-refractivity contribution in [2.24, 2.45) is 0 Å². The fraction of sp³-hybridized carbons (Fsp3) is 0. The van der Waals surface area contributed by atoms with Crippen LogP contribution in [0.4, 0.5) is 0 Å². The van der Waals surface area contributed by atoms with Gasteiger partial charge in [0.2, 0.25) is 10.4 Å². The van der Waals surface area contributed by atoms with Crippen LogP contribution in [-0.2, 0) is 68.3 Å². The van der Waals surface area contributed by atoms with Crippen LogP contribution in [0.5, 0.6) is 0 Å². The molecule has 22 heavy (non-hydrogen) atoms. The van der Waals surface area contributed by atoms with Crippen molar-refractivity contribution in [3.8, 4) is 0 Å². The van der Waals surface area contributed by atoms with Gasteiger partial charge in [-0.15, -0.1) is 0 Å². The van der Waals surface area contributed by atoms with E-state index >= 15 is 0 Å². The first-order chi connectivity index (χ1) is 7.94. The summed E-state index contributed by atoms with van der Waals surface area (Å²) >= 11 is -2.86. The summed E-state index contributed by atoms with van der Waals surface area (Å²) in [6.45, 7) is 0. The minimum absolute atomic E-state index is 0. The van der Waals surface area contributed by atoms with Crippen molar-refractivity contribution in [1.29, 1.82) is 0 Å². The summed E-state index contributed by atoms with van der Waals surface area (Å²) in [7, 11) is -15.5. The molecule has 0 aliphatic heterocycles. The second-order valence-electron chi connectivity index (χ2n) is 1.60. The van der Waals surface area contributed by atoms with E-state index in [4.69, 9.17) is 35.4 Å². The largest absolute Gasteiger partial charge is 2.00 e. The second kappa shape index (κ2) is 18.6.